The number of amides is 4. The fourth-order valence-electron chi connectivity index (χ4n) is 7.45. The highest BCUT2D eigenvalue weighted by Gasteiger charge is 2.45. The van der Waals surface area contributed by atoms with Gasteiger partial charge in [-0.25, -0.2) is 0 Å². The summed E-state index contributed by atoms with van der Waals surface area (Å²) in [5, 5.41) is 45.4. The highest BCUT2D eigenvalue weighted by atomic mass is 16.7. The van der Waals surface area contributed by atoms with Crippen molar-refractivity contribution < 1.29 is 49.1 Å². The number of carbonyl (C=O) groups is 4. The third-order valence-corrected chi connectivity index (χ3v) is 10.6. The number of aliphatic hydroxyl groups is 4. The van der Waals surface area contributed by atoms with Crippen molar-refractivity contribution in [1.82, 2.24) is 15.5 Å². The van der Waals surface area contributed by atoms with Gasteiger partial charge in [-0.15, -0.1) is 0 Å². The Labute approximate surface area is 324 Å². The van der Waals surface area contributed by atoms with E-state index in [1.165, 1.54) is 4.90 Å². The molecule has 10 N–H and O–H groups in total. The first-order chi connectivity index (χ1) is 26.9. The number of nitrogens with zero attached hydrogens (tertiary/aromatic N) is 1. The van der Waals surface area contributed by atoms with Crippen LogP contribution in [0.2, 0.25) is 0 Å². The Balaban J connectivity index is 1.10. The van der Waals surface area contributed by atoms with E-state index in [0.29, 0.717) is 31.4 Å². The minimum Gasteiger partial charge on any atom is -0.462 e. The lowest BCUT2D eigenvalue weighted by Gasteiger charge is -2.39. The number of likely N-dealkylation sites (tertiary alicyclic amines) is 1. The molecule has 2 aliphatic heterocycles. The zero-order valence-corrected chi connectivity index (χ0v) is 30.8. The predicted molar refractivity (Wildman–Crippen MR) is 203 cm³/mol. The van der Waals surface area contributed by atoms with Gasteiger partial charge in [0, 0.05) is 19.4 Å². The number of rotatable bonds is 15. The van der Waals surface area contributed by atoms with Crippen molar-refractivity contribution in [1.29, 1.82) is 0 Å². The molecule has 9 atom stereocenters. The van der Waals surface area contributed by atoms with E-state index in [4.69, 9.17) is 20.9 Å². The number of carbonyl (C=O) groups excluding carboxylic acids is 4. The summed E-state index contributed by atoms with van der Waals surface area (Å²) in [6.07, 6.45) is -3.08. The lowest BCUT2D eigenvalue weighted by molar-refractivity contribution is -0.277. The van der Waals surface area contributed by atoms with Crippen LogP contribution in [0.4, 0.5) is 0 Å². The molecule has 0 bridgehead atoms. The summed E-state index contributed by atoms with van der Waals surface area (Å²) in [6, 6.07) is 19.4. The van der Waals surface area contributed by atoms with Gasteiger partial charge in [-0.05, 0) is 65.6 Å². The number of ether oxygens (including phenoxy) is 2. The molecule has 56 heavy (non-hydrogen) atoms. The van der Waals surface area contributed by atoms with Crippen molar-refractivity contribution in [3.63, 3.8) is 0 Å². The van der Waals surface area contributed by atoms with Gasteiger partial charge in [0.25, 0.3) is 0 Å². The summed E-state index contributed by atoms with van der Waals surface area (Å²) in [6.45, 7) is -0.294. The lowest BCUT2D eigenvalue weighted by Crippen LogP contribution is -2.60. The summed E-state index contributed by atoms with van der Waals surface area (Å²) >= 11 is 0. The summed E-state index contributed by atoms with van der Waals surface area (Å²) in [5.41, 5.74) is 16.6. The maximum absolute atomic E-state index is 14.0. The fourth-order valence-corrected chi connectivity index (χ4v) is 7.45. The second-order valence-electron chi connectivity index (χ2n) is 14.5. The Morgan fingerprint density at radius 2 is 1.54 bits per heavy atom. The quantitative estimate of drug-likeness (QED) is 0.0975. The zero-order chi connectivity index (χ0) is 39.9. The Bertz CT molecular complexity index is 1890. The van der Waals surface area contributed by atoms with Crippen molar-refractivity contribution in [3.05, 3.63) is 107 Å². The molecular weight excluding hydrogens is 722 g/mol. The van der Waals surface area contributed by atoms with E-state index >= 15 is 0 Å². The van der Waals surface area contributed by atoms with Gasteiger partial charge in [0.15, 0.2) is 0 Å². The van der Waals surface area contributed by atoms with Crippen molar-refractivity contribution in [2.45, 2.75) is 93.4 Å². The van der Waals surface area contributed by atoms with Gasteiger partial charge >= 0.3 is 0 Å². The number of nitrogens with one attached hydrogen (secondary N) is 2. The monoisotopic (exact) mass is 771 g/mol. The van der Waals surface area contributed by atoms with E-state index in [0.717, 1.165) is 22.3 Å². The smallest absolute Gasteiger partial charge is 0.243 e. The van der Waals surface area contributed by atoms with Crippen LogP contribution in [-0.4, -0.2) is 117 Å². The molecule has 3 aromatic rings. The molecule has 3 aromatic carbocycles. The van der Waals surface area contributed by atoms with Crippen LogP contribution in [0, 0.1) is 0 Å². The maximum atomic E-state index is 14.0. The number of primary amides is 1. The molecule has 1 aliphatic carbocycles. The number of hydrogen-bond donors (Lipinski definition) is 8. The lowest BCUT2D eigenvalue weighted by atomic mass is 9.98. The maximum Gasteiger partial charge on any atom is 0.243 e. The van der Waals surface area contributed by atoms with Crippen LogP contribution in [-0.2, 0) is 43.2 Å². The van der Waals surface area contributed by atoms with Gasteiger partial charge < -0.3 is 56.9 Å². The van der Waals surface area contributed by atoms with Crippen molar-refractivity contribution >= 4 is 29.2 Å². The Morgan fingerprint density at radius 3 is 2.25 bits per heavy atom. The highest BCUT2D eigenvalue weighted by molar-refractivity contribution is 5.96. The Morgan fingerprint density at radius 1 is 0.839 bits per heavy atom. The minimum absolute atomic E-state index is 0.124. The molecule has 6 rings (SSSR count). The highest BCUT2D eigenvalue weighted by Crippen LogP contribution is 2.31. The largest absolute Gasteiger partial charge is 0.462 e. The molecular formula is C41H49N5O10. The average molecular weight is 772 g/mol. The van der Waals surface area contributed by atoms with Crippen LogP contribution in [0.3, 0.4) is 0 Å². The predicted octanol–water partition coefficient (Wildman–Crippen LogP) is -0.546. The first-order valence-corrected chi connectivity index (χ1v) is 18.8. The molecule has 3 unspecified atom stereocenters. The Kier molecular flexibility index (Phi) is 13.2. The van der Waals surface area contributed by atoms with Gasteiger partial charge in [-0.1, -0.05) is 72.8 Å². The first kappa shape index (κ1) is 40.5. The number of nitrogens with two attached hydrogens (primary N) is 2. The molecule has 2 heterocycles. The molecule has 15 nitrogen and oxygen atoms in total. The molecule has 4 amide bonds. The van der Waals surface area contributed by atoms with Crippen LogP contribution < -0.4 is 26.8 Å². The Hall–Kier alpha value is -5.16. The standard InChI is InChI=1S/C41H49N5O10/c42-29(19-24-12-16-27(17-13-24)55-41-36(50)35(49)34(48)33(22-47)56-41)40(54)46-18-6-11-32(46)39(53)45-31(21-26-15-14-25-9-4-5-10-28(25)26)38(52)44-30(37(43)51)20-23-7-2-1-3-8-23/h1-5,7-10,12-13,15-17,29-36,41,47-50H,6,11,14,18-22,42H2,(H2,43,51)(H,44,52)(H,45,53)/t29-,30-,31-,32-,33?,34+,35?,36?,41+/m0/s1. The molecule has 0 spiro atoms. The molecule has 15 heteroatoms. The molecule has 3 aliphatic rings. The van der Waals surface area contributed by atoms with Crippen LogP contribution in [0.25, 0.3) is 5.57 Å². The number of hydrogen-bond acceptors (Lipinski definition) is 11. The summed E-state index contributed by atoms with van der Waals surface area (Å²) < 4.78 is 11.1. The minimum atomic E-state index is -1.59. The SMILES string of the molecule is NC(=O)[C@H](Cc1ccccc1)NC(=O)[C@H](CC1=CCc2ccccc21)NC(=O)[C@@H]1CCCN1C(=O)[C@@H](N)Cc1ccc(O[C@@H]2OC(CO)[C@@H](O)C(O)C2O)cc1. The normalized spacial score (nSPS) is 24.7. The third kappa shape index (κ3) is 9.44. The van der Waals surface area contributed by atoms with Crippen molar-refractivity contribution in [3.8, 4) is 5.75 Å². The molecule has 298 valence electrons. The summed E-state index contributed by atoms with van der Waals surface area (Å²) in [7, 11) is 0. The van der Waals surface area contributed by atoms with E-state index in [1.807, 2.05) is 60.7 Å². The average Bonchev–Trinajstić information content (AvgIpc) is 3.86. The van der Waals surface area contributed by atoms with Gasteiger partial charge in [-0.3, -0.25) is 19.2 Å². The second-order valence-corrected chi connectivity index (χ2v) is 14.5. The van der Waals surface area contributed by atoms with Crippen LogP contribution in [0.15, 0.2) is 84.9 Å². The van der Waals surface area contributed by atoms with Gasteiger partial charge in [0.05, 0.1) is 12.6 Å². The van der Waals surface area contributed by atoms with E-state index in [2.05, 4.69) is 10.6 Å². The summed E-state index contributed by atoms with van der Waals surface area (Å²) in [5.74, 6) is -1.98. The van der Waals surface area contributed by atoms with E-state index < -0.39 is 85.1 Å². The topological polar surface area (TPSA) is 247 Å². The number of fused-ring (bicyclic) bond motifs is 1. The number of aliphatic hydroxyl groups excluding tert-OH is 4. The fraction of sp³-hybridized carbons (Fsp3) is 0.415. The van der Waals surface area contributed by atoms with Crippen LogP contribution in [0.1, 0.15) is 41.5 Å². The first-order valence-electron chi connectivity index (χ1n) is 18.8. The van der Waals surface area contributed by atoms with Gasteiger partial charge in [0.2, 0.25) is 29.9 Å². The van der Waals surface area contributed by atoms with Gasteiger partial charge in [0.1, 0.15) is 48.3 Å². The molecule has 2 fully saturated rings. The molecule has 0 aromatic heterocycles. The third-order valence-electron chi connectivity index (χ3n) is 10.6. The number of allylic oxidation sites excluding steroid dienone is 1. The summed E-state index contributed by atoms with van der Waals surface area (Å²) in [4.78, 5) is 55.5. The van der Waals surface area contributed by atoms with E-state index in [1.54, 1.807) is 24.3 Å². The van der Waals surface area contributed by atoms with E-state index in [9.17, 15) is 39.6 Å². The van der Waals surface area contributed by atoms with E-state index in [-0.39, 0.29) is 25.0 Å². The van der Waals surface area contributed by atoms with Crippen LogP contribution in [0.5, 0.6) is 5.75 Å². The molecule has 2 saturated heterocycles. The molecule has 0 radical (unpaired) electrons. The van der Waals surface area contributed by atoms with Gasteiger partial charge in [-0.2, -0.15) is 0 Å². The van der Waals surface area contributed by atoms with Crippen molar-refractivity contribution in [2.24, 2.45) is 11.5 Å². The molecule has 0 saturated carbocycles. The van der Waals surface area contributed by atoms with Crippen LogP contribution >= 0.6 is 0 Å². The number of benzene rings is 3. The van der Waals surface area contributed by atoms with Crippen molar-refractivity contribution in [2.75, 3.05) is 13.2 Å². The zero-order valence-electron chi connectivity index (χ0n) is 30.8. The second kappa shape index (κ2) is 18.2.